The van der Waals surface area contributed by atoms with Gasteiger partial charge in [-0.25, -0.2) is 18.6 Å². The molecule has 0 unspecified atom stereocenters. The molecule has 0 atom stereocenters. The summed E-state index contributed by atoms with van der Waals surface area (Å²) >= 11 is 11.3. The van der Waals surface area contributed by atoms with Crippen molar-refractivity contribution in [1.82, 2.24) is 4.98 Å². The molecule has 0 fully saturated rings. The SMILES string of the molecule is COC(=O)c1nc(-c2ccc(Cl)c(F)c2)c(F)c(N)c1Cl. The topological polar surface area (TPSA) is 65.2 Å². The van der Waals surface area contributed by atoms with Crippen molar-refractivity contribution in [1.29, 1.82) is 0 Å². The number of methoxy groups -OCH3 is 1. The fourth-order valence-corrected chi connectivity index (χ4v) is 1.95. The van der Waals surface area contributed by atoms with Gasteiger partial charge in [0, 0.05) is 5.56 Å². The van der Waals surface area contributed by atoms with E-state index in [9.17, 15) is 13.6 Å². The summed E-state index contributed by atoms with van der Waals surface area (Å²) in [6.07, 6.45) is 0. The van der Waals surface area contributed by atoms with E-state index in [1.54, 1.807) is 0 Å². The molecule has 1 aromatic carbocycles. The number of nitrogens with two attached hydrogens (primary N) is 1. The predicted octanol–water partition coefficient (Wildman–Crippen LogP) is 3.70. The molecule has 0 aliphatic heterocycles. The number of benzene rings is 1. The Morgan fingerprint density at radius 2 is 2.00 bits per heavy atom. The van der Waals surface area contributed by atoms with Gasteiger partial charge >= 0.3 is 5.97 Å². The second kappa shape index (κ2) is 5.83. The first-order valence-corrected chi connectivity index (χ1v) is 6.30. The van der Waals surface area contributed by atoms with Crippen molar-refractivity contribution >= 4 is 34.9 Å². The Balaban J connectivity index is 2.71. The van der Waals surface area contributed by atoms with Crippen LogP contribution in [0.15, 0.2) is 18.2 Å². The minimum atomic E-state index is -0.964. The molecule has 2 N–H and O–H groups in total. The summed E-state index contributed by atoms with van der Waals surface area (Å²) in [6, 6.07) is 3.54. The van der Waals surface area contributed by atoms with Crippen molar-refractivity contribution < 1.29 is 18.3 Å². The van der Waals surface area contributed by atoms with Gasteiger partial charge in [-0.2, -0.15) is 0 Å². The number of carbonyl (C=O) groups is 1. The fourth-order valence-electron chi connectivity index (χ4n) is 1.63. The van der Waals surface area contributed by atoms with Crippen LogP contribution in [-0.2, 0) is 4.74 Å². The Kier molecular flexibility index (Phi) is 4.29. The van der Waals surface area contributed by atoms with Crippen molar-refractivity contribution in [3.63, 3.8) is 0 Å². The first-order chi connectivity index (χ1) is 9.86. The van der Waals surface area contributed by atoms with E-state index in [0.717, 1.165) is 13.2 Å². The van der Waals surface area contributed by atoms with E-state index in [1.165, 1.54) is 12.1 Å². The monoisotopic (exact) mass is 332 g/mol. The van der Waals surface area contributed by atoms with Crippen LogP contribution in [0.3, 0.4) is 0 Å². The second-order valence-electron chi connectivity index (χ2n) is 3.97. The maximum absolute atomic E-state index is 14.1. The van der Waals surface area contributed by atoms with E-state index in [-0.39, 0.29) is 27.0 Å². The summed E-state index contributed by atoms with van der Waals surface area (Å²) in [5.74, 6) is -2.61. The molecule has 1 heterocycles. The molecule has 4 nitrogen and oxygen atoms in total. The zero-order valence-electron chi connectivity index (χ0n) is 10.6. The summed E-state index contributed by atoms with van der Waals surface area (Å²) in [5.41, 5.74) is 4.41. The molecule has 1 aromatic heterocycles. The predicted molar refractivity (Wildman–Crippen MR) is 75.4 cm³/mol. The number of nitrogen functional groups attached to an aromatic ring is 1. The average molecular weight is 333 g/mol. The van der Waals surface area contributed by atoms with Gasteiger partial charge in [0.2, 0.25) is 0 Å². The standard InChI is InChI=1S/C13H8Cl2F2N2O2/c1-21-13(20)12-8(15)10(18)9(17)11(19-12)5-2-3-6(14)7(16)4-5/h2-4H,1H3,(H2,18,19). The highest BCUT2D eigenvalue weighted by Crippen LogP contribution is 2.33. The Bertz CT molecular complexity index is 739. The van der Waals surface area contributed by atoms with Crippen molar-refractivity contribution in [2.24, 2.45) is 0 Å². The molecule has 0 spiro atoms. The fraction of sp³-hybridized carbons (Fsp3) is 0.0769. The van der Waals surface area contributed by atoms with Crippen LogP contribution in [0.1, 0.15) is 10.5 Å². The molecule has 0 bridgehead atoms. The first kappa shape index (κ1) is 15.5. The molecule has 0 saturated heterocycles. The molecule has 8 heteroatoms. The van der Waals surface area contributed by atoms with Gasteiger partial charge in [-0.05, 0) is 12.1 Å². The van der Waals surface area contributed by atoms with Gasteiger partial charge in [-0.3, -0.25) is 0 Å². The summed E-state index contributed by atoms with van der Waals surface area (Å²) in [5, 5.41) is -0.494. The molecular formula is C13H8Cl2F2N2O2. The normalized spacial score (nSPS) is 10.5. The maximum atomic E-state index is 14.1. The number of esters is 1. The maximum Gasteiger partial charge on any atom is 0.358 e. The van der Waals surface area contributed by atoms with Gasteiger partial charge in [-0.15, -0.1) is 0 Å². The second-order valence-corrected chi connectivity index (χ2v) is 4.76. The Labute approximate surface area is 128 Å². The van der Waals surface area contributed by atoms with E-state index < -0.39 is 23.3 Å². The van der Waals surface area contributed by atoms with Crippen LogP contribution >= 0.6 is 23.2 Å². The third-order valence-corrected chi connectivity index (χ3v) is 3.37. The summed E-state index contributed by atoms with van der Waals surface area (Å²) < 4.78 is 32.1. The highest BCUT2D eigenvalue weighted by Gasteiger charge is 2.23. The van der Waals surface area contributed by atoms with Gasteiger partial charge in [0.15, 0.2) is 11.5 Å². The highest BCUT2D eigenvalue weighted by atomic mass is 35.5. The molecule has 0 radical (unpaired) electrons. The Morgan fingerprint density at radius 1 is 1.33 bits per heavy atom. The van der Waals surface area contributed by atoms with Gasteiger partial charge in [-0.1, -0.05) is 29.3 Å². The third-order valence-electron chi connectivity index (χ3n) is 2.68. The zero-order chi connectivity index (χ0) is 15.7. The van der Waals surface area contributed by atoms with E-state index in [0.29, 0.717) is 0 Å². The number of carbonyl (C=O) groups excluding carboxylic acids is 1. The smallest absolute Gasteiger partial charge is 0.358 e. The van der Waals surface area contributed by atoms with Crippen molar-refractivity contribution in [3.8, 4) is 11.3 Å². The first-order valence-electron chi connectivity index (χ1n) is 5.55. The van der Waals surface area contributed by atoms with Gasteiger partial charge in [0.1, 0.15) is 11.5 Å². The minimum Gasteiger partial charge on any atom is -0.464 e. The number of rotatable bonds is 2. The lowest BCUT2D eigenvalue weighted by molar-refractivity contribution is 0.0594. The van der Waals surface area contributed by atoms with Crippen LogP contribution in [0, 0.1) is 11.6 Å². The third kappa shape index (κ3) is 2.77. The molecular weight excluding hydrogens is 325 g/mol. The van der Waals surface area contributed by atoms with Gasteiger partial charge < -0.3 is 10.5 Å². The van der Waals surface area contributed by atoms with Crippen LogP contribution in [0.4, 0.5) is 14.5 Å². The molecule has 2 aromatic rings. The molecule has 0 amide bonds. The lowest BCUT2D eigenvalue weighted by atomic mass is 10.1. The largest absolute Gasteiger partial charge is 0.464 e. The molecule has 0 aliphatic carbocycles. The van der Waals surface area contributed by atoms with Gasteiger partial charge in [0.25, 0.3) is 0 Å². The lowest BCUT2D eigenvalue weighted by Gasteiger charge is -2.10. The summed E-state index contributed by atoms with van der Waals surface area (Å²) in [4.78, 5) is 15.3. The number of hydrogen-bond acceptors (Lipinski definition) is 4. The van der Waals surface area contributed by atoms with E-state index in [4.69, 9.17) is 28.9 Å². The highest BCUT2D eigenvalue weighted by molar-refractivity contribution is 6.35. The summed E-state index contributed by atoms with van der Waals surface area (Å²) in [7, 11) is 1.11. The van der Waals surface area contributed by atoms with Gasteiger partial charge in [0.05, 0.1) is 22.8 Å². The number of aromatic nitrogens is 1. The quantitative estimate of drug-likeness (QED) is 0.851. The van der Waals surface area contributed by atoms with Crippen molar-refractivity contribution in [2.45, 2.75) is 0 Å². The summed E-state index contributed by atoms with van der Waals surface area (Å²) in [6.45, 7) is 0. The lowest BCUT2D eigenvalue weighted by Crippen LogP contribution is -2.10. The van der Waals surface area contributed by atoms with Crippen molar-refractivity contribution in [2.75, 3.05) is 12.8 Å². The van der Waals surface area contributed by atoms with Crippen LogP contribution in [0.25, 0.3) is 11.3 Å². The Hall–Kier alpha value is -1.92. The number of halogens is 4. The molecule has 110 valence electrons. The number of hydrogen-bond donors (Lipinski definition) is 1. The number of ether oxygens (including phenoxy) is 1. The van der Waals surface area contributed by atoms with Crippen LogP contribution in [0.5, 0.6) is 0 Å². The van der Waals surface area contributed by atoms with Crippen molar-refractivity contribution in [3.05, 3.63) is 45.6 Å². The molecule has 0 saturated carbocycles. The van der Waals surface area contributed by atoms with E-state index in [2.05, 4.69) is 9.72 Å². The Morgan fingerprint density at radius 3 is 2.57 bits per heavy atom. The van der Waals surface area contributed by atoms with E-state index >= 15 is 0 Å². The number of anilines is 1. The van der Waals surface area contributed by atoms with Crippen LogP contribution in [0.2, 0.25) is 10.0 Å². The average Bonchev–Trinajstić information content (AvgIpc) is 2.47. The number of nitrogens with zero attached hydrogens (tertiary/aromatic N) is 1. The molecule has 21 heavy (non-hydrogen) atoms. The molecule has 0 aliphatic rings. The number of pyridine rings is 1. The van der Waals surface area contributed by atoms with E-state index in [1.807, 2.05) is 0 Å². The molecule has 2 rings (SSSR count). The van der Waals surface area contributed by atoms with Crippen LogP contribution < -0.4 is 5.73 Å². The van der Waals surface area contributed by atoms with Crippen LogP contribution in [-0.4, -0.2) is 18.1 Å². The zero-order valence-corrected chi connectivity index (χ0v) is 12.1. The minimum absolute atomic E-state index is 0.0583.